The van der Waals surface area contributed by atoms with Gasteiger partial charge in [-0.2, -0.15) is 5.10 Å². The number of nitrogens with one attached hydrogen (secondary N) is 1. The van der Waals surface area contributed by atoms with Gasteiger partial charge in [0, 0.05) is 18.9 Å². The van der Waals surface area contributed by atoms with Crippen LogP contribution in [-0.4, -0.2) is 22.9 Å². The minimum absolute atomic E-state index is 0.984. The number of aromatic nitrogens is 2. The van der Waals surface area contributed by atoms with Gasteiger partial charge in [0.25, 0.3) is 0 Å². The highest BCUT2D eigenvalue weighted by atomic mass is 15.3. The molecule has 0 amide bonds. The van der Waals surface area contributed by atoms with E-state index in [0.717, 1.165) is 19.0 Å². The maximum atomic E-state index is 4.17. The zero-order valence-corrected chi connectivity index (χ0v) is 9.36. The molecule has 1 aliphatic carbocycles. The minimum Gasteiger partial charge on any atom is -0.315 e. The lowest BCUT2D eigenvalue weighted by molar-refractivity contribution is 0.465. The topological polar surface area (TPSA) is 29.9 Å². The van der Waals surface area contributed by atoms with E-state index in [1.807, 2.05) is 23.1 Å². The van der Waals surface area contributed by atoms with Crippen molar-refractivity contribution in [2.45, 2.75) is 38.6 Å². The van der Waals surface area contributed by atoms with Crippen molar-refractivity contribution < 1.29 is 0 Å². The molecule has 1 aromatic rings. The number of rotatable bonds is 6. The third-order valence-electron chi connectivity index (χ3n) is 3.28. The van der Waals surface area contributed by atoms with Crippen LogP contribution in [0, 0.1) is 5.92 Å². The Kier molecular flexibility index (Phi) is 4.21. The molecule has 15 heavy (non-hydrogen) atoms. The highest BCUT2D eigenvalue weighted by Crippen LogP contribution is 2.26. The van der Waals surface area contributed by atoms with E-state index >= 15 is 0 Å². The molecule has 0 radical (unpaired) electrons. The Morgan fingerprint density at radius 1 is 1.27 bits per heavy atom. The molecule has 3 nitrogen and oxygen atoms in total. The molecule has 1 saturated carbocycles. The van der Waals surface area contributed by atoms with Gasteiger partial charge in [0.1, 0.15) is 0 Å². The van der Waals surface area contributed by atoms with Gasteiger partial charge in [0.15, 0.2) is 0 Å². The van der Waals surface area contributed by atoms with Crippen LogP contribution in [0.5, 0.6) is 0 Å². The fraction of sp³-hybridized carbons (Fsp3) is 0.750. The Balaban J connectivity index is 1.48. The number of hydrogen-bond donors (Lipinski definition) is 1. The quantitative estimate of drug-likeness (QED) is 0.724. The van der Waals surface area contributed by atoms with Crippen LogP contribution in [0.15, 0.2) is 18.5 Å². The van der Waals surface area contributed by atoms with Crippen LogP contribution in [0.4, 0.5) is 0 Å². The molecule has 84 valence electrons. The first-order valence-electron chi connectivity index (χ1n) is 6.13. The van der Waals surface area contributed by atoms with Crippen LogP contribution in [0.1, 0.15) is 32.1 Å². The first-order chi connectivity index (χ1) is 7.45. The third-order valence-corrected chi connectivity index (χ3v) is 3.28. The Morgan fingerprint density at radius 2 is 2.13 bits per heavy atom. The Hall–Kier alpha value is -0.830. The van der Waals surface area contributed by atoms with Gasteiger partial charge in [0.2, 0.25) is 0 Å². The molecule has 1 aliphatic rings. The molecule has 1 N–H and O–H groups in total. The lowest BCUT2D eigenvalue weighted by Gasteiger charge is -2.09. The van der Waals surface area contributed by atoms with E-state index in [1.54, 1.807) is 0 Å². The lowest BCUT2D eigenvalue weighted by Crippen LogP contribution is -2.22. The zero-order valence-electron chi connectivity index (χ0n) is 9.36. The summed E-state index contributed by atoms with van der Waals surface area (Å²) < 4.78 is 1.97. The van der Waals surface area contributed by atoms with Gasteiger partial charge >= 0.3 is 0 Å². The summed E-state index contributed by atoms with van der Waals surface area (Å²) in [4.78, 5) is 0. The molecule has 2 rings (SSSR count). The predicted molar refractivity (Wildman–Crippen MR) is 61.7 cm³/mol. The van der Waals surface area contributed by atoms with Crippen molar-refractivity contribution in [1.82, 2.24) is 15.1 Å². The predicted octanol–water partition coefficient (Wildman–Crippen LogP) is 2.05. The van der Waals surface area contributed by atoms with E-state index in [2.05, 4.69) is 10.4 Å². The molecule has 0 aromatic carbocycles. The molecule has 0 saturated heterocycles. The second-order valence-corrected chi connectivity index (χ2v) is 4.46. The van der Waals surface area contributed by atoms with Gasteiger partial charge < -0.3 is 5.32 Å². The van der Waals surface area contributed by atoms with Gasteiger partial charge in [0.05, 0.1) is 6.54 Å². The van der Waals surface area contributed by atoms with Gasteiger partial charge in [-0.1, -0.05) is 25.7 Å². The number of nitrogens with zero attached hydrogens (tertiary/aromatic N) is 2. The fourth-order valence-corrected chi connectivity index (χ4v) is 2.36. The molecular formula is C12H21N3. The Bertz CT molecular complexity index is 250. The molecule has 0 unspecified atom stereocenters. The Morgan fingerprint density at radius 3 is 2.87 bits per heavy atom. The summed E-state index contributed by atoms with van der Waals surface area (Å²) in [5.41, 5.74) is 0. The van der Waals surface area contributed by atoms with E-state index in [9.17, 15) is 0 Å². The first-order valence-corrected chi connectivity index (χ1v) is 6.13. The molecule has 3 heteroatoms. The molecular weight excluding hydrogens is 186 g/mol. The van der Waals surface area contributed by atoms with E-state index < -0.39 is 0 Å². The van der Waals surface area contributed by atoms with Crippen molar-refractivity contribution >= 4 is 0 Å². The number of hydrogen-bond acceptors (Lipinski definition) is 2. The summed E-state index contributed by atoms with van der Waals surface area (Å²) in [6, 6.07) is 1.97. The van der Waals surface area contributed by atoms with Crippen molar-refractivity contribution in [3.63, 3.8) is 0 Å². The van der Waals surface area contributed by atoms with Crippen molar-refractivity contribution in [2.24, 2.45) is 5.92 Å². The van der Waals surface area contributed by atoms with Gasteiger partial charge in [-0.05, 0) is 24.9 Å². The van der Waals surface area contributed by atoms with E-state index in [1.165, 1.54) is 38.6 Å². The van der Waals surface area contributed by atoms with Crippen LogP contribution in [-0.2, 0) is 6.54 Å². The second kappa shape index (κ2) is 5.91. The maximum absolute atomic E-state index is 4.17. The standard InChI is InChI=1S/C12H21N3/c1-2-5-12(4-1)6-8-13-9-11-15-10-3-7-14-15/h3,7,10,12-13H,1-2,4-6,8-9,11H2. The SMILES string of the molecule is c1cnn(CCNCCC2CCCC2)c1. The average molecular weight is 207 g/mol. The minimum atomic E-state index is 0.984. The van der Waals surface area contributed by atoms with E-state index in [-0.39, 0.29) is 0 Å². The second-order valence-electron chi connectivity index (χ2n) is 4.46. The lowest BCUT2D eigenvalue weighted by atomic mass is 10.0. The van der Waals surface area contributed by atoms with Crippen molar-refractivity contribution in [2.75, 3.05) is 13.1 Å². The molecule has 1 fully saturated rings. The summed E-state index contributed by atoms with van der Waals surface area (Å²) in [6.45, 7) is 3.19. The summed E-state index contributed by atoms with van der Waals surface area (Å²) in [5, 5.41) is 7.66. The molecule has 0 spiro atoms. The van der Waals surface area contributed by atoms with Crippen molar-refractivity contribution in [3.05, 3.63) is 18.5 Å². The molecule has 1 aromatic heterocycles. The van der Waals surface area contributed by atoms with Crippen LogP contribution < -0.4 is 5.32 Å². The van der Waals surface area contributed by atoms with Gasteiger partial charge in [-0.3, -0.25) is 4.68 Å². The largest absolute Gasteiger partial charge is 0.315 e. The summed E-state index contributed by atoms with van der Waals surface area (Å²) in [5.74, 6) is 1.00. The van der Waals surface area contributed by atoms with Crippen LogP contribution >= 0.6 is 0 Å². The van der Waals surface area contributed by atoms with Gasteiger partial charge in [-0.25, -0.2) is 0 Å². The monoisotopic (exact) mass is 207 g/mol. The van der Waals surface area contributed by atoms with Crippen LogP contribution in [0.25, 0.3) is 0 Å². The van der Waals surface area contributed by atoms with E-state index in [0.29, 0.717) is 0 Å². The van der Waals surface area contributed by atoms with Gasteiger partial charge in [-0.15, -0.1) is 0 Å². The summed E-state index contributed by atoms with van der Waals surface area (Å²) in [7, 11) is 0. The normalized spacial score (nSPS) is 17.3. The third kappa shape index (κ3) is 3.67. The van der Waals surface area contributed by atoms with Crippen LogP contribution in [0.2, 0.25) is 0 Å². The highest BCUT2D eigenvalue weighted by Gasteiger charge is 2.13. The maximum Gasteiger partial charge on any atom is 0.0533 e. The summed E-state index contributed by atoms with van der Waals surface area (Å²) in [6.07, 6.45) is 11.0. The van der Waals surface area contributed by atoms with Crippen LogP contribution in [0.3, 0.4) is 0 Å². The fourth-order valence-electron chi connectivity index (χ4n) is 2.36. The highest BCUT2D eigenvalue weighted by molar-refractivity contribution is 4.77. The average Bonchev–Trinajstić information content (AvgIpc) is 2.88. The molecule has 1 heterocycles. The molecule has 0 aliphatic heterocycles. The molecule has 0 atom stereocenters. The zero-order chi connectivity index (χ0) is 10.3. The van der Waals surface area contributed by atoms with Crippen molar-refractivity contribution in [3.8, 4) is 0 Å². The molecule has 0 bridgehead atoms. The summed E-state index contributed by atoms with van der Waals surface area (Å²) >= 11 is 0. The van der Waals surface area contributed by atoms with E-state index in [4.69, 9.17) is 0 Å². The first kappa shape index (κ1) is 10.7. The Labute approximate surface area is 91.9 Å². The van der Waals surface area contributed by atoms with Crippen molar-refractivity contribution in [1.29, 1.82) is 0 Å². The smallest absolute Gasteiger partial charge is 0.0533 e.